The zero-order valence-electron chi connectivity index (χ0n) is 15.3. The molecule has 3 rings (SSSR count). The summed E-state index contributed by atoms with van der Waals surface area (Å²) in [6, 6.07) is 13.9. The largest absolute Gasteiger partial charge is 0.452 e. The minimum Gasteiger partial charge on any atom is -0.452 e. The molecule has 0 fully saturated rings. The Bertz CT molecular complexity index is 1030. The molecule has 0 spiro atoms. The van der Waals surface area contributed by atoms with Crippen molar-refractivity contribution >= 4 is 17.6 Å². The van der Waals surface area contributed by atoms with Gasteiger partial charge in [-0.1, -0.05) is 18.2 Å². The fourth-order valence-electron chi connectivity index (χ4n) is 2.93. The monoisotopic (exact) mass is 384 g/mol. The van der Waals surface area contributed by atoms with Gasteiger partial charge in [-0.2, -0.15) is 0 Å². The number of carbonyl (C=O) groups is 2. The minimum atomic E-state index is -0.785. The molecule has 1 N–H and O–H groups in total. The van der Waals surface area contributed by atoms with E-state index in [1.54, 1.807) is 13.0 Å². The lowest BCUT2D eigenvalue weighted by atomic mass is 10.2. The lowest BCUT2D eigenvalue weighted by molar-refractivity contribution is -0.119. The van der Waals surface area contributed by atoms with Gasteiger partial charge in [-0.25, -0.2) is 13.6 Å². The molecule has 0 aliphatic rings. The highest BCUT2D eigenvalue weighted by molar-refractivity contribution is 5.96. The Morgan fingerprint density at radius 3 is 2.46 bits per heavy atom. The third kappa shape index (κ3) is 4.09. The summed E-state index contributed by atoms with van der Waals surface area (Å²) in [6.07, 6.45) is 0. The van der Waals surface area contributed by atoms with Crippen molar-refractivity contribution in [2.24, 2.45) is 0 Å². The molecule has 1 heterocycles. The number of para-hydroxylation sites is 1. The van der Waals surface area contributed by atoms with Crippen LogP contribution in [0.15, 0.2) is 54.6 Å². The molecule has 0 bridgehead atoms. The van der Waals surface area contributed by atoms with E-state index in [4.69, 9.17) is 4.74 Å². The van der Waals surface area contributed by atoms with Crippen LogP contribution < -0.4 is 5.32 Å². The molecule has 28 heavy (non-hydrogen) atoms. The summed E-state index contributed by atoms with van der Waals surface area (Å²) in [5, 5.41) is 2.18. The number of aryl methyl sites for hydroxylation is 1. The van der Waals surface area contributed by atoms with Gasteiger partial charge in [-0.3, -0.25) is 4.79 Å². The SMILES string of the molecule is Cc1cc(C(=O)OCC(=O)Nc2cc(F)ccc2F)c(C)n1-c1ccccc1. The summed E-state index contributed by atoms with van der Waals surface area (Å²) in [5.74, 6) is -2.92. The Kier molecular flexibility index (Phi) is 5.54. The van der Waals surface area contributed by atoms with Crippen LogP contribution in [-0.4, -0.2) is 23.1 Å². The number of amides is 1. The quantitative estimate of drug-likeness (QED) is 0.672. The van der Waals surface area contributed by atoms with E-state index in [1.807, 2.05) is 41.8 Å². The Labute approximate surface area is 160 Å². The van der Waals surface area contributed by atoms with Gasteiger partial charge < -0.3 is 14.6 Å². The van der Waals surface area contributed by atoms with Crippen LogP contribution in [0.5, 0.6) is 0 Å². The van der Waals surface area contributed by atoms with Gasteiger partial charge in [0.05, 0.1) is 11.3 Å². The van der Waals surface area contributed by atoms with E-state index in [0.29, 0.717) is 11.3 Å². The standard InChI is InChI=1S/C21H18F2N2O3/c1-13-10-17(14(2)25(13)16-6-4-3-5-7-16)21(27)28-12-20(26)24-19-11-15(22)8-9-18(19)23/h3-11H,12H2,1-2H3,(H,24,26). The molecule has 144 valence electrons. The Hall–Kier alpha value is -3.48. The van der Waals surface area contributed by atoms with Gasteiger partial charge in [0, 0.05) is 23.1 Å². The first-order chi connectivity index (χ1) is 13.4. The molecular weight excluding hydrogens is 366 g/mol. The van der Waals surface area contributed by atoms with E-state index in [0.717, 1.165) is 29.6 Å². The zero-order chi connectivity index (χ0) is 20.3. The number of benzene rings is 2. The smallest absolute Gasteiger partial charge is 0.340 e. The normalized spacial score (nSPS) is 10.6. The number of hydrogen-bond donors (Lipinski definition) is 1. The first-order valence-corrected chi connectivity index (χ1v) is 8.53. The van der Waals surface area contributed by atoms with Crippen LogP contribution in [0.3, 0.4) is 0 Å². The molecule has 3 aromatic rings. The van der Waals surface area contributed by atoms with E-state index >= 15 is 0 Å². The van der Waals surface area contributed by atoms with Crippen LogP contribution >= 0.6 is 0 Å². The van der Waals surface area contributed by atoms with Crippen molar-refractivity contribution in [1.29, 1.82) is 0 Å². The molecule has 0 saturated carbocycles. The molecule has 0 aliphatic heterocycles. The summed E-state index contributed by atoms with van der Waals surface area (Å²) >= 11 is 0. The van der Waals surface area contributed by atoms with Crippen LogP contribution in [0.2, 0.25) is 0 Å². The molecule has 0 atom stereocenters. The Morgan fingerprint density at radius 1 is 1.04 bits per heavy atom. The van der Waals surface area contributed by atoms with Gasteiger partial charge in [0.1, 0.15) is 11.6 Å². The van der Waals surface area contributed by atoms with Gasteiger partial charge in [-0.05, 0) is 44.2 Å². The number of nitrogens with zero attached hydrogens (tertiary/aromatic N) is 1. The summed E-state index contributed by atoms with van der Waals surface area (Å²) < 4.78 is 33.7. The predicted molar refractivity (Wildman–Crippen MR) is 101 cm³/mol. The van der Waals surface area contributed by atoms with E-state index in [-0.39, 0.29) is 5.69 Å². The molecular formula is C21H18F2N2O3. The molecule has 0 saturated heterocycles. The lowest BCUT2D eigenvalue weighted by Crippen LogP contribution is -2.21. The third-order valence-electron chi connectivity index (χ3n) is 4.20. The number of esters is 1. The van der Waals surface area contributed by atoms with Crippen LogP contribution in [0.1, 0.15) is 21.7 Å². The average molecular weight is 384 g/mol. The number of aromatic nitrogens is 1. The number of ether oxygens (including phenoxy) is 1. The van der Waals surface area contributed by atoms with Crippen molar-refractivity contribution in [2.45, 2.75) is 13.8 Å². The second-order valence-electron chi connectivity index (χ2n) is 6.20. The van der Waals surface area contributed by atoms with E-state index in [1.165, 1.54) is 0 Å². The number of nitrogens with one attached hydrogen (secondary N) is 1. The third-order valence-corrected chi connectivity index (χ3v) is 4.20. The van der Waals surface area contributed by atoms with E-state index in [2.05, 4.69) is 5.32 Å². The Balaban J connectivity index is 1.69. The van der Waals surface area contributed by atoms with Crippen molar-refractivity contribution in [3.63, 3.8) is 0 Å². The number of anilines is 1. The number of hydrogen-bond acceptors (Lipinski definition) is 3. The maximum Gasteiger partial charge on any atom is 0.340 e. The highest BCUT2D eigenvalue weighted by atomic mass is 19.1. The number of carbonyl (C=O) groups excluding carboxylic acids is 2. The van der Waals surface area contributed by atoms with Crippen LogP contribution in [0.25, 0.3) is 5.69 Å². The van der Waals surface area contributed by atoms with Crippen molar-refractivity contribution in [3.8, 4) is 5.69 Å². The van der Waals surface area contributed by atoms with Crippen molar-refractivity contribution in [1.82, 2.24) is 4.57 Å². The van der Waals surface area contributed by atoms with Crippen LogP contribution in [0.4, 0.5) is 14.5 Å². The first kappa shape index (κ1) is 19.3. The zero-order valence-corrected chi connectivity index (χ0v) is 15.3. The molecule has 2 aromatic carbocycles. The molecule has 0 aliphatic carbocycles. The lowest BCUT2D eigenvalue weighted by Gasteiger charge is -2.10. The van der Waals surface area contributed by atoms with E-state index < -0.39 is 30.1 Å². The molecule has 7 heteroatoms. The molecule has 0 unspecified atom stereocenters. The molecule has 1 aromatic heterocycles. The molecule has 0 radical (unpaired) electrons. The molecule has 1 amide bonds. The maximum absolute atomic E-state index is 13.6. The first-order valence-electron chi connectivity index (χ1n) is 8.53. The van der Waals surface area contributed by atoms with Gasteiger partial charge in [0.2, 0.25) is 0 Å². The van der Waals surface area contributed by atoms with Gasteiger partial charge >= 0.3 is 5.97 Å². The summed E-state index contributed by atoms with van der Waals surface area (Å²) in [5.41, 5.74) is 2.41. The summed E-state index contributed by atoms with van der Waals surface area (Å²) in [6.45, 7) is 3.01. The maximum atomic E-state index is 13.6. The fourth-order valence-corrected chi connectivity index (χ4v) is 2.93. The van der Waals surface area contributed by atoms with Gasteiger partial charge in [0.25, 0.3) is 5.91 Å². The second kappa shape index (κ2) is 8.04. The van der Waals surface area contributed by atoms with Crippen LogP contribution in [0, 0.1) is 25.5 Å². The fraction of sp³-hybridized carbons (Fsp3) is 0.143. The van der Waals surface area contributed by atoms with Crippen molar-refractivity contribution in [2.75, 3.05) is 11.9 Å². The summed E-state index contributed by atoms with van der Waals surface area (Å²) in [7, 11) is 0. The van der Waals surface area contributed by atoms with Gasteiger partial charge in [0.15, 0.2) is 6.61 Å². The van der Waals surface area contributed by atoms with E-state index in [9.17, 15) is 18.4 Å². The number of halogens is 2. The van der Waals surface area contributed by atoms with Gasteiger partial charge in [-0.15, -0.1) is 0 Å². The predicted octanol–water partition coefficient (Wildman–Crippen LogP) is 4.17. The average Bonchev–Trinajstić information content (AvgIpc) is 2.97. The highest BCUT2D eigenvalue weighted by Crippen LogP contribution is 2.21. The minimum absolute atomic E-state index is 0.316. The molecule has 5 nitrogen and oxygen atoms in total. The Morgan fingerprint density at radius 2 is 1.75 bits per heavy atom. The highest BCUT2D eigenvalue weighted by Gasteiger charge is 2.19. The topological polar surface area (TPSA) is 60.3 Å². The summed E-state index contributed by atoms with van der Waals surface area (Å²) in [4.78, 5) is 24.3. The number of rotatable bonds is 5. The van der Waals surface area contributed by atoms with Crippen molar-refractivity contribution < 1.29 is 23.1 Å². The van der Waals surface area contributed by atoms with Crippen LogP contribution in [-0.2, 0) is 9.53 Å². The van der Waals surface area contributed by atoms with Crippen molar-refractivity contribution in [3.05, 3.63) is 83.2 Å². The second-order valence-corrected chi connectivity index (χ2v) is 6.20.